The quantitative estimate of drug-likeness (QED) is 0.513. The molecule has 0 bridgehead atoms. The highest BCUT2D eigenvalue weighted by Crippen LogP contribution is 2.24. The lowest BCUT2D eigenvalue weighted by molar-refractivity contribution is 0.766. The highest BCUT2D eigenvalue weighted by molar-refractivity contribution is 7.99. The minimum atomic E-state index is 1.11. The summed E-state index contributed by atoms with van der Waals surface area (Å²) in [7, 11) is 1.97. The van der Waals surface area contributed by atoms with Gasteiger partial charge in [-0.3, -0.25) is 4.68 Å². The van der Waals surface area contributed by atoms with Gasteiger partial charge in [-0.15, -0.1) is 11.8 Å². The smallest absolute Gasteiger partial charge is 0.0521 e. The number of aromatic nitrogens is 2. The van der Waals surface area contributed by atoms with Crippen molar-refractivity contribution in [2.24, 2.45) is 7.05 Å². The standard InChI is InChI=1S/C17H18N2S/c1-19-13-14(12-18-19)5-4-10-20-17-9-8-15-6-2-3-7-16(15)11-17/h2-3,6-9,11-13H,4-5,10H2,1H3. The molecule has 0 amide bonds. The Labute approximate surface area is 123 Å². The fourth-order valence-corrected chi connectivity index (χ4v) is 3.22. The Bertz CT molecular complexity index is 703. The Kier molecular flexibility index (Phi) is 4.07. The summed E-state index contributed by atoms with van der Waals surface area (Å²) < 4.78 is 1.87. The van der Waals surface area contributed by atoms with E-state index in [9.17, 15) is 0 Å². The SMILES string of the molecule is Cn1cc(CCCSc2ccc3ccccc3c2)cn1. The van der Waals surface area contributed by atoms with Crippen LogP contribution in [0.25, 0.3) is 10.8 Å². The number of nitrogens with zero attached hydrogens (tertiary/aromatic N) is 2. The van der Waals surface area contributed by atoms with Crippen LogP contribution in [-0.2, 0) is 13.5 Å². The van der Waals surface area contributed by atoms with Crippen molar-refractivity contribution in [3.8, 4) is 0 Å². The van der Waals surface area contributed by atoms with Gasteiger partial charge in [0, 0.05) is 18.1 Å². The van der Waals surface area contributed by atoms with Gasteiger partial charge >= 0.3 is 0 Å². The third-order valence-corrected chi connectivity index (χ3v) is 4.44. The number of benzene rings is 2. The second-order valence-corrected chi connectivity index (χ2v) is 6.15. The molecule has 0 radical (unpaired) electrons. The van der Waals surface area contributed by atoms with E-state index in [-0.39, 0.29) is 0 Å². The molecule has 0 fully saturated rings. The minimum absolute atomic E-state index is 1.11. The predicted octanol–water partition coefficient (Wildman–Crippen LogP) is 4.30. The Morgan fingerprint density at radius 1 is 1.10 bits per heavy atom. The average molecular weight is 282 g/mol. The van der Waals surface area contributed by atoms with Crippen molar-refractivity contribution in [3.63, 3.8) is 0 Å². The van der Waals surface area contributed by atoms with E-state index < -0.39 is 0 Å². The maximum atomic E-state index is 4.20. The molecule has 0 atom stereocenters. The van der Waals surface area contributed by atoms with Crippen LogP contribution in [0.3, 0.4) is 0 Å². The van der Waals surface area contributed by atoms with Gasteiger partial charge in [0.2, 0.25) is 0 Å². The summed E-state index contributed by atoms with van der Waals surface area (Å²) in [4.78, 5) is 1.36. The van der Waals surface area contributed by atoms with E-state index in [1.165, 1.54) is 27.7 Å². The van der Waals surface area contributed by atoms with Crippen molar-refractivity contribution in [1.29, 1.82) is 0 Å². The first kappa shape index (κ1) is 13.3. The molecule has 20 heavy (non-hydrogen) atoms. The number of rotatable bonds is 5. The molecular weight excluding hydrogens is 264 g/mol. The fraction of sp³-hybridized carbons (Fsp3) is 0.235. The van der Waals surface area contributed by atoms with Gasteiger partial charge in [-0.1, -0.05) is 30.3 Å². The molecule has 2 nitrogen and oxygen atoms in total. The minimum Gasteiger partial charge on any atom is -0.276 e. The summed E-state index contributed by atoms with van der Waals surface area (Å²) in [6.07, 6.45) is 6.35. The first-order valence-corrected chi connectivity index (χ1v) is 7.89. The molecule has 0 aliphatic heterocycles. The van der Waals surface area contributed by atoms with E-state index in [1.807, 2.05) is 29.7 Å². The zero-order chi connectivity index (χ0) is 13.8. The molecule has 3 aromatic rings. The molecule has 1 heterocycles. The third kappa shape index (κ3) is 3.23. The number of hydrogen-bond acceptors (Lipinski definition) is 2. The summed E-state index contributed by atoms with van der Waals surface area (Å²) in [5.41, 5.74) is 1.33. The topological polar surface area (TPSA) is 17.8 Å². The van der Waals surface area contributed by atoms with Crippen molar-refractivity contribution in [1.82, 2.24) is 9.78 Å². The van der Waals surface area contributed by atoms with Crippen LogP contribution in [0.2, 0.25) is 0 Å². The van der Waals surface area contributed by atoms with Gasteiger partial charge in [-0.2, -0.15) is 5.10 Å². The number of hydrogen-bond donors (Lipinski definition) is 0. The maximum Gasteiger partial charge on any atom is 0.0521 e. The van der Waals surface area contributed by atoms with E-state index in [0.29, 0.717) is 0 Å². The molecule has 0 N–H and O–H groups in total. The van der Waals surface area contributed by atoms with E-state index >= 15 is 0 Å². The van der Waals surface area contributed by atoms with Gasteiger partial charge in [0.25, 0.3) is 0 Å². The average Bonchev–Trinajstić information content (AvgIpc) is 2.89. The fourth-order valence-electron chi connectivity index (χ4n) is 2.32. The monoisotopic (exact) mass is 282 g/mol. The molecule has 3 rings (SSSR count). The molecule has 102 valence electrons. The highest BCUT2D eigenvalue weighted by Gasteiger charge is 1.99. The van der Waals surface area contributed by atoms with Crippen molar-refractivity contribution < 1.29 is 0 Å². The second-order valence-electron chi connectivity index (χ2n) is 4.98. The molecular formula is C17H18N2S. The third-order valence-electron chi connectivity index (χ3n) is 3.36. The van der Waals surface area contributed by atoms with Crippen LogP contribution >= 0.6 is 11.8 Å². The summed E-state index contributed by atoms with van der Waals surface area (Å²) in [5.74, 6) is 1.15. The van der Waals surface area contributed by atoms with Crippen molar-refractivity contribution >= 4 is 22.5 Å². The molecule has 0 saturated carbocycles. The van der Waals surface area contributed by atoms with E-state index in [4.69, 9.17) is 0 Å². The first-order chi connectivity index (χ1) is 9.81. The van der Waals surface area contributed by atoms with Gasteiger partial charge in [-0.25, -0.2) is 0 Å². The summed E-state index contributed by atoms with van der Waals surface area (Å²) in [5, 5.41) is 6.83. The van der Waals surface area contributed by atoms with Crippen LogP contribution in [0, 0.1) is 0 Å². The van der Waals surface area contributed by atoms with Gasteiger partial charge in [0.05, 0.1) is 6.20 Å². The van der Waals surface area contributed by atoms with E-state index in [1.54, 1.807) is 0 Å². The van der Waals surface area contributed by atoms with Crippen LogP contribution in [0.4, 0.5) is 0 Å². The van der Waals surface area contributed by atoms with Gasteiger partial charge < -0.3 is 0 Å². The number of fused-ring (bicyclic) bond motifs is 1. The molecule has 3 heteroatoms. The molecule has 0 spiro atoms. The Balaban J connectivity index is 1.54. The lowest BCUT2D eigenvalue weighted by Gasteiger charge is -2.03. The van der Waals surface area contributed by atoms with Crippen LogP contribution < -0.4 is 0 Å². The lowest BCUT2D eigenvalue weighted by atomic mass is 10.1. The highest BCUT2D eigenvalue weighted by atomic mass is 32.2. The molecule has 1 aromatic heterocycles. The Hall–Kier alpha value is -1.74. The summed E-state index contributed by atoms with van der Waals surface area (Å²) >= 11 is 1.93. The van der Waals surface area contributed by atoms with Crippen molar-refractivity contribution in [3.05, 3.63) is 60.4 Å². The van der Waals surface area contributed by atoms with E-state index in [0.717, 1.165) is 12.2 Å². The van der Waals surface area contributed by atoms with Crippen molar-refractivity contribution in [2.75, 3.05) is 5.75 Å². The molecule has 0 aliphatic carbocycles. The van der Waals surface area contributed by atoms with E-state index in [2.05, 4.69) is 53.8 Å². The Morgan fingerprint density at radius 3 is 2.75 bits per heavy atom. The van der Waals surface area contributed by atoms with Gasteiger partial charge in [0.15, 0.2) is 0 Å². The predicted molar refractivity (Wildman–Crippen MR) is 86.2 cm³/mol. The van der Waals surface area contributed by atoms with Crippen LogP contribution in [0.5, 0.6) is 0 Å². The second kappa shape index (κ2) is 6.14. The number of aryl methyl sites for hydroxylation is 2. The Morgan fingerprint density at radius 2 is 1.95 bits per heavy atom. The van der Waals surface area contributed by atoms with Gasteiger partial charge in [0.1, 0.15) is 0 Å². The summed E-state index contributed by atoms with van der Waals surface area (Å²) in [6, 6.07) is 15.2. The number of thioether (sulfide) groups is 1. The van der Waals surface area contributed by atoms with Crippen molar-refractivity contribution in [2.45, 2.75) is 17.7 Å². The van der Waals surface area contributed by atoms with Crippen LogP contribution in [0.15, 0.2) is 59.8 Å². The summed E-state index contributed by atoms with van der Waals surface area (Å²) in [6.45, 7) is 0. The zero-order valence-electron chi connectivity index (χ0n) is 11.6. The normalized spacial score (nSPS) is 11.1. The molecule has 0 aliphatic rings. The zero-order valence-corrected chi connectivity index (χ0v) is 12.4. The molecule has 0 unspecified atom stereocenters. The maximum absolute atomic E-state index is 4.20. The van der Waals surface area contributed by atoms with Crippen LogP contribution in [0.1, 0.15) is 12.0 Å². The first-order valence-electron chi connectivity index (χ1n) is 6.90. The largest absolute Gasteiger partial charge is 0.276 e. The van der Waals surface area contributed by atoms with Crippen LogP contribution in [-0.4, -0.2) is 15.5 Å². The molecule has 2 aromatic carbocycles. The van der Waals surface area contributed by atoms with Gasteiger partial charge in [-0.05, 0) is 47.1 Å². The molecule has 0 saturated heterocycles. The lowest BCUT2D eigenvalue weighted by Crippen LogP contribution is -1.87.